The second kappa shape index (κ2) is 6.75. The third-order valence-corrected chi connectivity index (χ3v) is 5.08. The van der Waals surface area contributed by atoms with Gasteiger partial charge in [0.05, 0.1) is 23.6 Å². The van der Waals surface area contributed by atoms with E-state index in [2.05, 4.69) is 25.0 Å². The van der Waals surface area contributed by atoms with Crippen molar-refractivity contribution in [3.63, 3.8) is 0 Å². The number of H-pyrrole nitrogens is 1. The SMILES string of the molecule is Clc1ccc2nc(C3CCCN3Cc3nc(-c4ccccn4)no3)[nH]c2c1. The van der Waals surface area contributed by atoms with E-state index >= 15 is 0 Å². The summed E-state index contributed by atoms with van der Waals surface area (Å²) in [4.78, 5) is 19.2. The molecule has 0 aliphatic carbocycles. The zero-order chi connectivity index (χ0) is 18.2. The highest BCUT2D eigenvalue weighted by molar-refractivity contribution is 6.31. The van der Waals surface area contributed by atoms with E-state index in [1.807, 2.05) is 36.4 Å². The van der Waals surface area contributed by atoms with Crippen molar-refractivity contribution in [3.8, 4) is 11.5 Å². The Hall–Kier alpha value is -2.77. The third-order valence-electron chi connectivity index (χ3n) is 4.84. The number of benzene rings is 1. The molecule has 1 fully saturated rings. The molecular weight excluding hydrogens is 364 g/mol. The van der Waals surface area contributed by atoms with Crippen LogP contribution in [0.15, 0.2) is 47.1 Å². The quantitative estimate of drug-likeness (QED) is 0.576. The number of halogens is 1. The van der Waals surface area contributed by atoms with Gasteiger partial charge in [0.25, 0.3) is 0 Å². The first-order valence-corrected chi connectivity index (χ1v) is 9.27. The lowest BCUT2D eigenvalue weighted by Crippen LogP contribution is -2.23. The summed E-state index contributed by atoms with van der Waals surface area (Å²) in [5, 5.41) is 4.76. The summed E-state index contributed by atoms with van der Waals surface area (Å²) >= 11 is 6.09. The fourth-order valence-corrected chi connectivity index (χ4v) is 3.75. The molecule has 3 aromatic heterocycles. The monoisotopic (exact) mass is 380 g/mol. The second-order valence-corrected chi connectivity index (χ2v) is 7.08. The number of aromatic nitrogens is 5. The van der Waals surface area contributed by atoms with Gasteiger partial charge in [-0.2, -0.15) is 4.98 Å². The van der Waals surface area contributed by atoms with E-state index in [0.717, 1.165) is 36.2 Å². The summed E-state index contributed by atoms with van der Waals surface area (Å²) in [5.74, 6) is 2.05. The van der Waals surface area contributed by atoms with Gasteiger partial charge in [0.2, 0.25) is 11.7 Å². The molecule has 1 aromatic carbocycles. The van der Waals surface area contributed by atoms with Crippen molar-refractivity contribution in [3.05, 3.63) is 59.3 Å². The fourth-order valence-electron chi connectivity index (χ4n) is 3.58. The molecule has 0 amide bonds. The first kappa shape index (κ1) is 16.4. The van der Waals surface area contributed by atoms with Gasteiger partial charge in [0.15, 0.2) is 0 Å². The highest BCUT2D eigenvalue weighted by Gasteiger charge is 2.30. The van der Waals surface area contributed by atoms with Crippen LogP contribution in [0, 0.1) is 0 Å². The topological polar surface area (TPSA) is 83.7 Å². The average Bonchev–Trinajstić information content (AvgIpc) is 3.41. The Labute approximate surface area is 160 Å². The summed E-state index contributed by atoms with van der Waals surface area (Å²) < 4.78 is 5.45. The van der Waals surface area contributed by atoms with Crippen molar-refractivity contribution in [2.24, 2.45) is 0 Å². The van der Waals surface area contributed by atoms with Crippen molar-refractivity contribution < 1.29 is 4.52 Å². The van der Waals surface area contributed by atoms with Gasteiger partial charge in [-0.25, -0.2) is 4.98 Å². The van der Waals surface area contributed by atoms with Crippen LogP contribution in [0.2, 0.25) is 5.02 Å². The molecule has 8 heteroatoms. The van der Waals surface area contributed by atoms with Crippen LogP contribution in [0.4, 0.5) is 0 Å². The molecule has 0 saturated carbocycles. The van der Waals surface area contributed by atoms with Crippen molar-refractivity contribution in [2.75, 3.05) is 6.54 Å². The molecule has 0 spiro atoms. The Morgan fingerprint density at radius 1 is 1.22 bits per heavy atom. The number of pyridine rings is 1. The van der Waals surface area contributed by atoms with Crippen LogP contribution < -0.4 is 0 Å². The number of rotatable bonds is 4. The van der Waals surface area contributed by atoms with Crippen molar-refractivity contribution in [1.82, 2.24) is 30.0 Å². The Morgan fingerprint density at radius 2 is 2.19 bits per heavy atom. The predicted molar refractivity (Wildman–Crippen MR) is 101 cm³/mol. The molecule has 7 nitrogen and oxygen atoms in total. The van der Waals surface area contributed by atoms with E-state index in [4.69, 9.17) is 21.1 Å². The van der Waals surface area contributed by atoms with Gasteiger partial charge >= 0.3 is 0 Å². The molecule has 4 aromatic rings. The number of hydrogen-bond acceptors (Lipinski definition) is 6. The summed E-state index contributed by atoms with van der Waals surface area (Å²) in [6.45, 7) is 1.55. The molecule has 136 valence electrons. The maximum absolute atomic E-state index is 6.09. The average molecular weight is 381 g/mol. The van der Waals surface area contributed by atoms with Crippen LogP contribution in [-0.4, -0.2) is 36.5 Å². The molecule has 1 aliphatic rings. The minimum atomic E-state index is 0.196. The van der Waals surface area contributed by atoms with E-state index in [-0.39, 0.29) is 6.04 Å². The van der Waals surface area contributed by atoms with Crippen molar-refractivity contribution in [2.45, 2.75) is 25.4 Å². The third kappa shape index (κ3) is 3.20. The number of fused-ring (bicyclic) bond motifs is 1. The molecule has 0 radical (unpaired) electrons. The first-order chi connectivity index (χ1) is 13.3. The highest BCUT2D eigenvalue weighted by atomic mass is 35.5. The molecule has 1 saturated heterocycles. The van der Waals surface area contributed by atoms with Gasteiger partial charge in [-0.3, -0.25) is 9.88 Å². The van der Waals surface area contributed by atoms with Gasteiger partial charge in [-0.05, 0) is 49.7 Å². The molecule has 0 bridgehead atoms. The predicted octanol–water partition coefficient (Wildman–Crippen LogP) is 4.00. The number of aromatic amines is 1. The smallest absolute Gasteiger partial charge is 0.241 e. The summed E-state index contributed by atoms with van der Waals surface area (Å²) in [6.07, 6.45) is 3.86. The Balaban J connectivity index is 1.37. The Bertz CT molecular complexity index is 1080. The van der Waals surface area contributed by atoms with Crippen LogP contribution in [0.5, 0.6) is 0 Å². The largest absolute Gasteiger partial charge is 0.341 e. The fraction of sp³-hybridized carbons (Fsp3) is 0.263. The minimum absolute atomic E-state index is 0.196. The molecule has 5 rings (SSSR count). The van der Waals surface area contributed by atoms with E-state index in [1.54, 1.807) is 6.20 Å². The van der Waals surface area contributed by atoms with Crippen LogP contribution in [0.3, 0.4) is 0 Å². The van der Waals surface area contributed by atoms with E-state index in [1.165, 1.54) is 0 Å². The molecular formula is C19H17ClN6O. The van der Waals surface area contributed by atoms with Crippen LogP contribution in [0.25, 0.3) is 22.6 Å². The lowest BCUT2D eigenvalue weighted by atomic mass is 10.2. The zero-order valence-electron chi connectivity index (χ0n) is 14.5. The summed E-state index contributed by atoms with van der Waals surface area (Å²) in [5.41, 5.74) is 2.59. The van der Waals surface area contributed by atoms with Gasteiger partial charge in [0.1, 0.15) is 11.5 Å². The number of nitrogens with one attached hydrogen (secondary N) is 1. The lowest BCUT2D eigenvalue weighted by Gasteiger charge is -2.20. The summed E-state index contributed by atoms with van der Waals surface area (Å²) in [7, 11) is 0. The molecule has 1 N–H and O–H groups in total. The maximum Gasteiger partial charge on any atom is 0.241 e. The summed E-state index contributed by atoms with van der Waals surface area (Å²) in [6, 6.07) is 11.5. The molecule has 1 aliphatic heterocycles. The van der Waals surface area contributed by atoms with Crippen LogP contribution in [-0.2, 0) is 6.54 Å². The van der Waals surface area contributed by atoms with Gasteiger partial charge < -0.3 is 9.51 Å². The molecule has 1 atom stereocenters. The van der Waals surface area contributed by atoms with Crippen LogP contribution in [0.1, 0.15) is 30.6 Å². The Morgan fingerprint density at radius 3 is 3.07 bits per heavy atom. The van der Waals surface area contributed by atoms with E-state index in [0.29, 0.717) is 29.0 Å². The van der Waals surface area contributed by atoms with Crippen molar-refractivity contribution in [1.29, 1.82) is 0 Å². The lowest BCUT2D eigenvalue weighted by molar-refractivity contribution is 0.207. The normalized spacial score (nSPS) is 17.7. The van der Waals surface area contributed by atoms with Gasteiger partial charge in [0, 0.05) is 11.2 Å². The number of imidazole rings is 1. The van der Waals surface area contributed by atoms with E-state index in [9.17, 15) is 0 Å². The number of nitrogens with zero attached hydrogens (tertiary/aromatic N) is 5. The number of likely N-dealkylation sites (tertiary alicyclic amines) is 1. The molecule has 1 unspecified atom stereocenters. The van der Waals surface area contributed by atoms with E-state index < -0.39 is 0 Å². The van der Waals surface area contributed by atoms with Crippen LogP contribution >= 0.6 is 11.6 Å². The standard InChI is InChI=1S/C19H17ClN6O/c20-12-6-7-13-15(10-12)23-19(22-13)16-5-3-9-26(16)11-17-24-18(25-27-17)14-4-1-2-8-21-14/h1-2,4,6-8,10,16H,3,5,9,11H2,(H,22,23). The highest BCUT2D eigenvalue weighted by Crippen LogP contribution is 2.33. The minimum Gasteiger partial charge on any atom is -0.341 e. The van der Waals surface area contributed by atoms with Gasteiger partial charge in [-0.15, -0.1) is 0 Å². The second-order valence-electron chi connectivity index (χ2n) is 6.64. The zero-order valence-corrected chi connectivity index (χ0v) is 15.2. The van der Waals surface area contributed by atoms with Gasteiger partial charge in [-0.1, -0.05) is 22.8 Å². The van der Waals surface area contributed by atoms with Crippen molar-refractivity contribution >= 4 is 22.6 Å². The maximum atomic E-state index is 6.09. The Kier molecular flexibility index (Phi) is 4.10. The first-order valence-electron chi connectivity index (χ1n) is 8.89. The molecule has 27 heavy (non-hydrogen) atoms. The molecule has 4 heterocycles. The number of hydrogen-bond donors (Lipinski definition) is 1.